The van der Waals surface area contributed by atoms with Gasteiger partial charge in [-0.05, 0) is 67.4 Å². The molecule has 0 spiro atoms. The van der Waals surface area contributed by atoms with Crippen molar-refractivity contribution >= 4 is 28.9 Å². The van der Waals surface area contributed by atoms with Gasteiger partial charge < -0.3 is 15.5 Å². The van der Waals surface area contributed by atoms with Gasteiger partial charge in [-0.1, -0.05) is 12.1 Å². The van der Waals surface area contributed by atoms with Crippen molar-refractivity contribution in [3.05, 3.63) is 83.2 Å². The van der Waals surface area contributed by atoms with Crippen LogP contribution in [-0.4, -0.2) is 30.9 Å². The molecule has 0 atom stereocenters. The fourth-order valence-electron chi connectivity index (χ4n) is 2.80. The number of amides is 2. The molecule has 0 aliphatic carbocycles. The van der Waals surface area contributed by atoms with Gasteiger partial charge in [-0.25, -0.2) is 0 Å². The van der Waals surface area contributed by atoms with Crippen molar-refractivity contribution < 1.29 is 9.59 Å². The molecule has 0 fully saturated rings. The summed E-state index contributed by atoms with van der Waals surface area (Å²) < 4.78 is 0. The summed E-state index contributed by atoms with van der Waals surface area (Å²) >= 11 is 0. The molecule has 0 aliphatic rings. The maximum absolute atomic E-state index is 12.6. The monoisotopic (exact) mass is 388 g/mol. The van der Waals surface area contributed by atoms with Crippen LogP contribution >= 0.6 is 0 Å². The normalized spacial score (nSPS) is 10.3. The van der Waals surface area contributed by atoms with E-state index in [1.54, 1.807) is 6.07 Å². The van der Waals surface area contributed by atoms with Crippen LogP contribution in [0.2, 0.25) is 0 Å². The third-order valence-electron chi connectivity index (χ3n) is 4.54. The van der Waals surface area contributed by atoms with Crippen molar-refractivity contribution in [1.82, 2.24) is 4.98 Å². The lowest BCUT2D eigenvalue weighted by molar-refractivity contribution is 0.102. The predicted octanol–water partition coefficient (Wildman–Crippen LogP) is 4.27. The molecule has 0 aliphatic heterocycles. The van der Waals surface area contributed by atoms with E-state index in [4.69, 9.17) is 0 Å². The molecule has 3 rings (SSSR count). The third kappa shape index (κ3) is 4.99. The Balaban J connectivity index is 1.73. The van der Waals surface area contributed by atoms with Gasteiger partial charge in [0, 0.05) is 42.9 Å². The van der Waals surface area contributed by atoms with E-state index in [-0.39, 0.29) is 17.5 Å². The van der Waals surface area contributed by atoms with E-state index in [0.29, 0.717) is 11.3 Å². The van der Waals surface area contributed by atoms with Gasteiger partial charge in [-0.15, -0.1) is 0 Å². The Morgan fingerprint density at radius 3 is 2.28 bits per heavy atom. The number of nitrogens with one attached hydrogen (secondary N) is 2. The highest BCUT2D eigenvalue weighted by atomic mass is 16.2. The van der Waals surface area contributed by atoms with Crippen LogP contribution < -0.4 is 15.5 Å². The molecular weight excluding hydrogens is 364 g/mol. The van der Waals surface area contributed by atoms with Crippen LogP contribution in [0.4, 0.5) is 17.1 Å². The molecule has 3 aromatic rings. The van der Waals surface area contributed by atoms with Crippen molar-refractivity contribution in [2.45, 2.75) is 13.8 Å². The van der Waals surface area contributed by atoms with E-state index >= 15 is 0 Å². The zero-order valence-corrected chi connectivity index (χ0v) is 17.0. The molecule has 0 saturated heterocycles. The molecule has 148 valence electrons. The summed E-state index contributed by atoms with van der Waals surface area (Å²) in [7, 11) is 3.90. The Morgan fingerprint density at radius 2 is 1.59 bits per heavy atom. The van der Waals surface area contributed by atoms with E-state index in [1.807, 2.05) is 75.3 Å². The van der Waals surface area contributed by atoms with Gasteiger partial charge in [0.1, 0.15) is 5.69 Å². The minimum atomic E-state index is -0.371. The second kappa shape index (κ2) is 8.56. The van der Waals surface area contributed by atoms with Gasteiger partial charge in [0.25, 0.3) is 11.8 Å². The number of rotatable bonds is 5. The van der Waals surface area contributed by atoms with E-state index in [2.05, 4.69) is 15.6 Å². The number of aromatic nitrogens is 1. The fraction of sp³-hybridized carbons (Fsp3) is 0.174. The molecule has 0 saturated carbocycles. The minimum absolute atomic E-state index is 0.176. The summed E-state index contributed by atoms with van der Waals surface area (Å²) in [6.07, 6.45) is 1.46. The maximum Gasteiger partial charge on any atom is 0.274 e. The van der Waals surface area contributed by atoms with Gasteiger partial charge in [-0.2, -0.15) is 0 Å². The van der Waals surface area contributed by atoms with Gasteiger partial charge in [-0.3, -0.25) is 14.6 Å². The van der Waals surface area contributed by atoms with Crippen LogP contribution in [0.3, 0.4) is 0 Å². The molecule has 2 N–H and O–H groups in total. The molecule has 29 heavy (non-hydrogen) atoms. The molecule has 0 radical (unpaired) electrons. The van der Waals surface area contributed by atoms with Crippen LogP contribution in [0.1, 0.15) is 32.0 Å². The molecule has 2 aromatic carbocycles. The van der Waals surface area contributed by atoms with Crippen molar-refractivity contribution in [3.8, 4) is 0 Å². The summed E-state index contributed by atoms with van der Waals surface area (Å²) in [6, 6.07) is 16.4. The van der Waals surface area contributed by atoms with E-state index < -0.39 is 0 Å². The summed E-state index contributed by atoms with van der Waals surface area (Å²) in [4.78, 5) is 31.3. The Kier molecular flexibility index (Phi) is 5.93. The number of carbonyl (C=O) groups is 2. The first-order chi connectivity index (χ1) is 13.8. The second-order valence-corrected chi connectivity index (χ2v) is 7.10. The molecule has 6 heteroatoms. The van der Waals surface area contributed by atoms with Crippen LogP contribution in [0.25, 0.3) is 0 Å². The quantitative estimate of drug-likeness (QED) is 0.685. The molecule has 1 heterocycles. The second-order valence-electron chi connectivity index (χ2n) is 7.10. The number of nitrogens with zero attached hydrogens (tertiary/aromatic N) is 2. The minimum Gasteiger partial charge on any atom is -0.378 e. The van der Waals surface area contributed by atoms with Crippen LogP contribution in [0.15, 0.2) is 60.8 Å². The Labute approximate surface area is 170 Å². The van der Waals surface area contributed by atoms with Crippen molar-refractivity contribution in [1.29, 1.82) is 0 Å². The predicted molar refractivity (Wildman–Crippen MR) is 117 cm³/mol. The average Bonchev–Trinajstić information content (AvgIpc) is 2.71. The Morgan fingerprint density at radius 1 is 0.862 bits per heavy atom. The van der Waals surface area contributed by atoms with Crippen molar-refractivity contribution in [2.24, 2.45) is 0 Å². The standard InChI is InChI=1S/C23H24N4O2/c1-15-5-6-16(2)20(13-15)26-22(28)17-11-12-24-21(14-17)23(29)25-18-7-9-19(10-8-18)27(3)4/h5-14H,1-4H3,(H,25,29)(H,26,28). The molecule has 2 amide bonds. The fourth-order valence-corrected chi connectivity index (χ4v) is 2.80. The number of carbonyl (C=O) groups excluding carboxylic acids is 2. The lowest BCUT2D eigenvalue weighted by Gasteiger charge is -2.13. The zero-order chi connectivity index (χ0) is 21.0. The molecule has 0 unspecified atom stereocenters. The topological polar surface area (TPSA) is 74.3 Å². The first kappa shape index (κ1) is 20.1. The van der Waals surface area contributed by atoms with Crippen molar-refractivity contribution in [2.75, 3.05) is 29.6 Å². The summed E-state index contributed by atoms with van der Waals surface area (Å²) in [6.45, 7) is 3.90. The van der Waals surface area contributed by atoms with Crippen LogP contribution in [0.5, 0.6) is 0 Å². The largest absolute Gasteiger partial charge is 0.378 e. The van der Waals surface area contributed by atoms with E-state index in [1.165, 1.54) is 12.3 Å². The van der Waals surface area contributed by atoms with Gasteiger partial charge in [0.05, 0.1) is 0 Å². The lowest BCUT2D eigenvalue weighted by atomic mass is 10.1. The third-order valence-corrected chi connectivity index (χ3v) is 4.54. The zero-order valence-electron chi connectivity index (χ0n) is 17.0. The Hall–Kier alpha value is -3.67. The molecule has 0 bridgehead atoms. The van der Waals surface area contributed by atoms with E-state index in [9.17, 15) is 9.59 Å². The highest BCUT2D eigenvalue weighted by molar-refractivity contribution is 6.08. The lowest BCUT2D eigenvalue weighted by Crippen LogP contribution is -2.17. The van der Waals surface area contributed by atoms with Gasteiger partial charge in [0.2, 0.25) is 0 Å². The molecule has 1 aromatic heterocycles. The van der Waals surface area contributed by atoms with Gasteiger partial charge in [0.15, 0.2) is 0 Å². The highest BCUT2D eigenvalue weighted by Gasteiger charge is 2.13. The molecular formula is C23H24N4O2. The smallest absolute Gasteiger partial charge is 0.274 e. The van der Waals surface area contributed by atoms with E-state index in [0.717, 1.165) is 22.5 Å². The highest BCUT2D eigenvalue weighted by Crippen LogP contribution is 2.18. The maximum atomic E-state index is 12.6. The summed E-state index contributed by atoms with van der Waals surface area (Å²) in [5, 5.41) is 5.70. The SMILES string of the molecule is Cc1ccc(C)c(NC(=O)c2ccnc(C(=O)Nc3ccc(N(C)C)cc3)c2)c1. The first-order valence-electron chi connectivity index (χ1n) is 9.27. The number of aryl methyl sites for hydroxylation is 2. The molecule has 6 nitrogen and oxygen atoms in total. The number of pyridine rings is 1. The summed E-state index contributed by atoms with van der Waals surface area (Å²) in [5.41, 5.74) is 5.01. The van der Waals surface area contributed by atoms with Gasteiger partial charge >= 0.3 is 0 Å². The average molecular weight is 388 g/mol. The van der Waals surface area contributed by atoms with Crippen molar-refractivity contribution in [3.63, 3.8) is 0 Å². The Bertz CT molecular complexity index is 1040. The first-order valence-corrected chi connectivity index (χ1v) is 9.27. The number of hydrogen-bond donors (Lipinski definition) is 2. The number of hydrogen-bond acceptors (Lipinski definition) is 4. The number of benzene rings is 2. The van der Waals surface area contributed by atoms with Crippen LogP contribution in [-0.2, 0) is 0 Å². The van der Waals surface area contributed by atoms with Crippen LogP contribution in [0, 0.1) is 13.8 Å². The number of anilines is 3. The summed E-state index contributed by atoms with van der Waals surface area (Å²) in [5.74, 6) is -0.658.